The summed E-state index contributed by atoms with van der Waals surface area (Å²) < 4.78 is 11.9. The third kappa shape index (κ3) is 4.42. The molecule has 23 heavy (non-hydrogen) atoms. The molecule has 0 radical (unpaired) electrons. The topological polar surface area (TPSA) is 58.9 Å². The minimum atomic E-state index is -1.25. The zero-order chi connectivity index (χ0) is 17.7. The Labute approximate surface area is 139 Å². The minimum Gasteiger partial charge on any atom is -0.386 e. The second-order valence-corrected chi connectivity index (χ2v) is 6.66. The molecular formula is C19H30O4. The van der Waals surface area contributed by atoms with Crippen LogP contribution in [0.4, 0.5) is 0 Å². The Morgan fingerprint density at radius 2 is 1.04 bits per heavy atom. The van der Waals surface area contributed by atoms with Crippen LogP contribution in [0.1, 0.15) is 39.5 Å². The van der Waals surface area contributed by atoms with Crippen LogP contribution in [0.5, 0.6) is 0 Å². The monoisotopic (exact) mass is 322 g/mol. The molecule has 1 saturated heterocycles. The fourth-order valence-electron chi connectivity index (χ4n) is 3.18. The summed E-state index contributed by atoms with van der Waals surface area (Å²) in [7, 11) is 0. The third-order valence-corrected chi connectivity index (χ3v) is 4.15. The van der Waals surface area contributed by atoms with E-state index in [1.807, 2.05) is 0 Å². The largest absolute Gasteiger partial charge is 0.386 e. The lowest BCUT2D eigenvalue weighted by Gasteiger charge is -2.40. The molecule has 1 rings (SSSR count). The van der Waals surface area contributed by atoms with E-state index >= 15 is 0 Å². The van der Waals surface area contributed by atoms with Gasteiger partial charge in [0, 0.05) is 0 Å². The highest BCUT2D eigenvalue weighted by atomic mass is 16.8. The Hall–Kier alpha value is -1.20. The van der Waals surface area contributed by atoms with Crippen molar-refractivity contribution in [3.63, 3.8) is 0 Å². The summed E-state index contributed by atoms with van der Waals surface area (Å²) in [6, 6.07) is 0. The average molecular weight is 322 g/mol. The van der Waals surface area contributed by atoms with Gasteiger partial charge in [0.15, 0.2) is 5.79 Å². The fourth-order valence-corrected chi connectivity index (χ4v) is 3.18. The van der Waals surface area contributed by atoms with Gasteiger partial charge in [-0.05, 0) is 39.5 Å². The zero-order valence-corrected chi connectivity index (χ0v) is 14.3. The summed E-state index contributed by atoms with van der Waals surface area (Å²) in [5.74, 6) is -0.915. The molecule has 0 aliphatic carbocycles. The highest BCUT2D eigenvalue weighted by Gasteiger charge is 2.57. The second kappa shape index (κ2) is 7.58. The Kier molecular flexibility index (Phi) is 6.54. The number of ether oxygens (including phenoxy) is 2. The van der Waals surface area contributed by atoms with E-state index in [1.165, 1.54) is 0 Å². The molecule has 1 aliphatic rings. The maximum absolute atomic E-state index is 11.1. The van der Waals surface area contributed by atoms with Crippen LogP contribution in [0.2, 0.25) is 0 Å². The molecule has 1 heterocycles. The van der Waals surface area contributed by atoms with Crippen LogP contribution in [0, 0.1) is 0 Å². The van der Waals surface area contributed by atoms with Gasteiger partial charge in [-0.3, -0.25) is 0 Å². The highest BCUT2D eigenvalue weighted by Crippen LogP contribution is 2.43. The predicted octanol–water partition coefficient (Wildman–Crippen LogP) is 3.27. The van der Waals surface area contributed by atoms with Crippen molar-refractivity contribution >= 4 is 0 Å². The molecular weight excluding hydrogens is 292 g/mol. The van der Waals surface area contributed by atoms with Crippen LogP contribution in [0.25, 0.3) is 0 Å². The average Bonchev–Trinajstić information content (AvgIpc) is 2.77. The molecule has 0 aromatic carbocycles. The van der Waals surface area contributed by atoms with E-state index < -0.39 is 29.2 Å². The van der Waals surface area contributed by atoms with E-state index in [2.05, 4.69) is 26.3 Å². The van der Waals surface area contributed by atoms with Crippen LogP contribution in [0.15, 0.2) is 50.6 Å². The Morgan fingerprint density at radius 3 is 1.26 bits per heavy atom. The molecule has 2 atom stereocenters. The molecule has 0 aromatic rings. The fraction of sp³-hybridized carbons (Fsp3) is 0.579. The molecule has 1 fully saturated rings. The van der Waals surface area contributed by atoms with Crippen molar-refractivity contribution in [3.8, 4) is 0 Å². The standard InChI is InChI=1S/C19H30O4/c1-7-11-18(20,12-8-2)15-16(23-17(5,6)22-15)19(21,13-9-3)14-10-4/h7-10,15-16,20-21H,1-4,11-14H2,5-6H3/t15-,16-/m1/s1. The molecule has 0 saturated carbocycles. The van der Waals surface area contributed by atoms with Crippen LogP contribution in [-0.2, 0) is 9.47 Å². The van der Waals surface area contributed by atoms with Gasteiger partial charge >= 0.3 is 0 Å². The van der Waals surface area contributed by atoms with Gasteiger partial charge in [0.25, 0.3) is 0 Å². The van der Waals surface area contributed by atoms with Crippen molar-refractivity contribution in [2.75, 3.05) is 0 Å². The van der Waals surface area contributed by atoms with Crippen molar-refractivity contribution < 1.29 is 19.7 Å². The molecule has 0 bridgehead atoms. The first-order valence-corrected chi connectivity index (χ1v) is 7.92. The third-order valence-electron chi connectivity index (χ3n) is 4.15. The van der Waals surface area contributed by atoms with Gasteiger partial charge < -0.3 is 19.7 Å². The quantitative estimate of drug-likeness (QED) is 0.606. The Balaban J connectivity index is 3.29. The van der Waals surface area contributed by atoms with Crippen LogP contribution >= 0.6 is 0 Å². The van der Waals surface area contributed by atoms with Crippen molar-refractivity contribution in [2.24, 2.45) is 0 Å². The highest BCUT2D eigenvalue weighted by molar-refractivity contribution is 5.10. The van der Waals surface area contributed by atoms with Gasteiger partial charge in [-0.15, -0.1) is 26.3 Å². The summed E-state index contributed by atoms with van der Waals surface area (Å²) in [6.07, 6.45) is 6.30. The first-order chi connectivity index (χ1) is 10.7. The predicted molar refractivity (Wildman–Crippen MR) is 93.0 cm³/mol. The van der Waals surface area contributed by atoms with E-state index in [9.17, 15) is 10.2 Å². The van der Waals surface area contributed by atoms with Gasteiger partial charge in [-0.1, -0.05) is 24.3 Å². The van der Waals surface area contributed by atoms with Crippen molar-refractivity contribution in [1.29, 1.82) is 0 Å². The lowest BCUT2D eigenvalue weighted by Crippen LogP contribution is -2.56. The van der Waals surface area contributed by atoms with Crippen LogP contribution < -0.4 is 0 Å². The summed E-state index contributed by atoms with van der Waals surface area (Å²) >= 11 is 0. The molecule has 0 unspecified atom stereocenters. The zero-order valence-electron chi connectivity index (χ0n) is 14.3. The summed E-state index contributed by atoms with van der Waals surface area (Å²) in [5.41, 5.74) is -2.50. The van der Waals surface area contributed by atoms with E-state index in [0.717, 1.165) is 0 Å². The van der Waals surface area contributed by atoms with Gasteiger partial charge in [0.1, 0.15) is 23.4 Å². The Morgan fingerprint density at radius 1 is 0.783 bits per heavy atom. The second-order valence-electron chi connectivity index (χ2n) is 6.66. The molecule has 4 nitrogen and oxygen atoms in total. The van der Waals surface area contributed by atoms with E-state index in [4.69, 9.17) is 9.47 Å². The first-order valence-electron chi connectivity index (χ1n) is 7.92. The summed E-state index contributed by atoms with van der Waals surface area (Å²) in [5, 5.41) is 22.2. The van der Waals surface area contributed by atoms with Gasteiger partial charge in [-0.25, -0.2) is 0 Å². The van der Waals surface area contributed by atoms with Crippen LogP contribution in [0.3, 0.4) is 0 Å². The smallest absolute Gasteiger partial charge is 0.164 e. The first kappa shape index (κ1) is 19.8. The van der Waals surface area contributed by atoms with E-state index in [1.54, 1.807) is 38.2 Å². The van der Waals surface area contributed by atoms with E-state index in [0.29, 0.717) is 25.7 Å². The molecule has 130 valence electrons. The molecule has 0 spiro atoms. The summed E-state index contributed by atoms with van der Waals surface area (Å²) in [4.78, 5) is 0. The maximum atomic E-state index is 11.1. The van der Waals surface area contributed by atoms with Crippen molar-refractivity contribution in [2.45, 2.75) is 68.7 Å². The van der Waals surface area contributed by atoms with Crippen molar-refractivity contribution in [1.82, 2.24) is 0 Å². The maximum Gasteiger partial charge on any atom is 0.164 e. The number of rotatable bonds is 10. The van der Waals surface area contributed by atoms with Crippen molar-refractivity contribution in [3.05, 3.63) is 50.6 Å². The van der Waals surface area contributed by atoms with Gasteiger partial charge in [0.2, 0.25) is 0 Å². The normalized spacial score (nSPS) is 24.2. The van der Waals surface area contributed by atoms with Gasteiger partial charge in [0.05, 0.1) is 0 Å². The van der Waals surface area contributed by atoms with Crippen LogP contribution in [-0.4, -0.2) is 39.4 Å². The lowest BCUT2D eigenvalue weighted by atomic mass is 9.77. The molecule has 1 aliphatic heterocycles. The Bertz CT molecular complexity index is 392. The SMILES string of the molecule is C=CCC(O)(CC=C)[C@@H]1OC(C)(C)O[C@H]1C(O)(CC=C)CC=C. The van der Waals surface area contributed by atoms with Gasteiger partial charge in [-0.2, -0.15) is 0 Å². The minimum absolute atomic E-state index is 0.303. The molecule has 0 amide bonds. The molecule has 4 heteroatoms. The number of hydrogen-bond acceptors (Lipinski definition) is 4. The van der Waals surface area contributed by atoms with E-state index in [-0.39, 0.29) is 0 Å². The molecule has 2 N–H and O–H groups in total. The number of hydrogen-bond donors (Lipinski definition) is 2. The molecule has 0 aromatic heterocycles. The number of aliphatic hydroxyl groups is 2. The summed E-state index contributed by atoms with van der Waals surface area (Å²) in [6.45, 7) is 18.4. The lowest BCUT2D eigenvalue weighted by molar-refractivity contribution is -0.175.